The van der Waals surface area contributed by atoms with E-state index in [1.165, 1.54) is 27.2 Å². The van der Waals surface area contributed by atoms with Gasteiger partial charge in [-0.3, -0.25) is 14.4 Å². The first-order valence-electron chi connectivity index (χ1n) is 19.9. The van der Waals surface area contributed by atoms with E-state index < -0.39 is 127 Å². The van der Waals surface area contributed by atoms with E-state index in [1.54, 1.807) is 52.8 Å². The van der Waals surface area contributed by atoms with Crippen LogP contribution in [0.2, 0.25) is 0 Å². The summed E-state index contributed by atoms with van der Waals surface area (Å²) in [5.41, 5.74) is -1.27. The number of fused-ring (bicyclic) bond motifs is 2. The van der Waals surface area contributed by atoms with E-state index in [0.29, 0.717) is 18.3 Å². The number of aliphatic hydroxyl groups excluding tert-OH is 2. The van der Waals surface area contributed by atoms with E-state index >= 15 is 0 Å². The lowest BCUT2D eigenvalue weighted by Crippen LogP contribution is -2.63. The Morgan fingerprint density at radius 3 is 2.19 bits per heavy atom. The van der Waals surface area contributed by atoms with Gasteiger partial charge < -0.3 is 62.9 Å². The molecule has 3 heterocycles. The van der Waals surface area contributed by atoms with Crippen LogP contribution >= 0.6 is 0 Å². The Kier molecular flexibility index (Phi) is 16.6. The Balaban J connectivity index is 1.66. The van der Waals surface area contributed by atoms with Gasteiger partial charge in [-0.2, -0.15) is 0 Å². The first-order valence-corrected chi connectivity index (χ1v) is 19.9. The number of ketones is 1. The third kappa shape index (κ3) is 10.4. The van der Waals surface area contributed by atoms with Crippen LogP contribution in [0.1, 0.15) is 67.7 Å². The van der Waals surface area contributed by atoms with E-state index in [2.05, 4.69) is 0 Å². The molecular weight excluding hydrogens is 746 g/mol. The van der Waals surface area contributed by atoms with Gasteiger partial charge >= 0.3 is 11.9 Å². The lowest BCUT2D eigenvalue weighted by molar-refractivity contribution is -0.306. The number of allylic oxidation sites excluding steroid dienone is 3. The molecule has 324 valence electrons. The van der Waals surface area contributed by atoms with E-state index in [4.69, 9.17) is 37.9 Å². The number of methoxy groups -OCH3 is 2. The summed E-state index contributed by atoms with van der Waals surface area (Å²) < 4.78 is 47.8. The number of rotatable bonds is 11. The van der Waals surface area contributed by atoms with Gasteiger partial charge in [0.25, 0.3) is 0 Å². The number of ether oxygens (including phenoxy) is 8. The van der Waals surface area contributed by atoms with Crippen molar-refractivity contribution in [2.45, 2.75) is 147 Å². The summed E-state index contributed by atoms with van der Waals surface area (Å²) in [6.07, 6.45) is -4.42. The van der Waals surface area contributed by atoms with Crippen LogP contribution in [0.15, 0.2) is 23.8 Å². The fourth-order valence-corrected chi connectivity index (χ4v) is 9.08. The number of cyclic esters (lactones) is 1. The fraction of sp³-hybridized carbons (Fsp3) is 0.805. The standard InChI is InChI=1S/C41H65NO15/c1-12-30-26(19-52-40-38(51-11)37(50-10)36(24(6)54-40)55-25(7)44)15-20(2)13-14-29(45)21(3)16-27-28(18-43)41(49,17-31(46)56-30)22(4)35(27)57-39-34(48)32(42(8)9)33(47)23(5)53-39/h13-15,18,21-24,26-28,30,32-40,47-49H,12,16-17,19H2,1-11H3/b14-13+,20-15+/t21-,22-,23+,24-,26-,27-,28-,30-,32-,33+,34+,35-,36-,37-,38-,39-,40-,41-/m1/s1. The normalized spacial score (nSPS) is 45.0. The number of carbonyl (C=O) groups excluding carboxylic acids is 4. The number of esters is 2. The molecule has 4 rings (SSSR count). The lowest BCUT2D eigenvalue weighted by Gasteiger charge is -2.45. The Morgan fingerprint density at radius 2 is 1.61 bits per heavy atom. The summed E-state index contributed by atoms with van der Waals surface area (Å²) in [7, 11) is 6.36. The average molecular weight is 812 g/mol. The van der Waals surface area contributed by atoms with Crippen molar-refractivity contribution in [2.75, 3.05) is 34.9 Å². The number of nitrogens with zero attached hydrogens (tertiary/aromatic N) is 1. The van der Waals surface area contributed by atoms with E-state index in [-0.39, 0.29) is 18.8 Å². The predicted octanol–water partition coefficient (Wildman–Crippen LogP) is 1.74. The first-order chi connectivity index (χ1) is 26.8. The van der Waals surface area contributed by atoms with Crippen LogP contribution in [0.25, 0.3) is 0 Å². The van der Waals surface area contributed by atoms with Gasteiger partial charge in [-0.25, -0.2) is 0 Å². The average Bonchev–Trinajstić information content (AvgIpc) is 3.33. The highest BCUT2D eigenvalue weighted by Crippen LogP contribution is 2.51. The number of likely N-dealkylation sites (N-methyl/N-ethyl adjacent to an activating group) is 1. The zero-order valence-electron chi connectivity index (χ0n) is 35.1. The van der Waals surface area contributed by atoms with Gasteiger partial charge in [0.05, 0.1) is 49.1 Å². The van der Waals surface area contributed by atoms with Crippen molar-refractivity contribution in [1.29, 1.82) is 0 Å². The van der Waals surface area contributed by atoms with E-state index in [1.807, 2.05) is 19.9 Å². The van der Waals surface area contributed by atoms with E-state index in [9.17, 15) is 34.5 Å². The molecule has 0 amide bonds. The minimum Gasteiger partial charge on any atom is -0.462 e. The van der Waals surface area contributed by atoms with Crippen LogP contribution < -0.4 is 0 Å². The topological polar surface area (TPSA) is 206 Å². The van der Waals surface area contributed by atoms with Crippen LogP contribution in [-0.4, -0.2) is 158 Å². The Labute approximate surface area is 336 Å². The Morgan fingerprint density at radius 1 is 0.965 bits per heavy atom. The minimum atomic E-state index is -1.96. The quantitative estimate of drug-likeness (QED) is 0.201. The van der Waals surface area contributed by atoms with Crippen LogP contribution in [0.3, 0.4) is 0 Å². The molecule has 0 radical (unpaired) electrons. The van der Waals surface area contributed by atoms with Gasteiger partial charge in [0.2, 0.25) is 0 Å². The van der Waals surface area contributed by atoms with Gasteiger partial charge in [-0.05, 0) is 59.7 Å². The molecule has 3 aliphatic heterocycles. The van der Waals surface area contributed by atoms with Crippen molar-refractivity contribution >= 4 is 24.0 Å². The van der Waals surface area contributed by atoms with Crippen LogP contribution in [0.5, 0.6) is 0 Å². The van der Waals surface area contributed by atoms with Crippen molar-refractivity contribution in [2.24, 2.45) is 29.6 Å². The van der Waals surface area contributed by atoms with Gasteiger partial charge in [0, 0.05) is 44.8 Å². The first kappa shape index (κ1) is 47.0. The monoisotopic (exact) mass is 811 g/mol. The molecule has 2 bridgehead atoms. The molecule has 0 spiro atoms. The molecule has 3 fully saturated rings. The van der Waals surface area contributed by atoms with E-state index in [0.717, 1.165) is 0 Å². The maximum Gasteiger partial charge on any atom is 0.309 e. The number of aliphatic hydroxyl groups is 3. The summed E-state index contributed by atoms with van der Waals surface area (Å²) in [4.78, 5) is 54.1. The highest BCUT2D eigenvalue weighted by atomic mass is 16.7. The molecule has 3 N–H and O–H groups in total. The summed E-state index contributed by atoms with van der Waals surface area (Å²) in [5, 5.41) is 34.5. The lowest BCUT2D eigenvalue weighted by atomic mass is 9.79. The maximum atomic E-state index is 14.0. The molecule has 0 unspecified atom stereocenters. The fourth-order valence-electron chi connectivity index (χ4n) is 9.08. The molecule has 1 aliphatic carbocycles. The molecule has 2 saturated heterocycles. The predicted molar refractivity (Wildman–Crippen MR) is 203 cm³/mol. The number of hydrogen-bond acceptors (Lipinski definition) is 16. The molecule has 0 aromatic carbocycles. The molecule has 16 heteroatoms. The largest absolute Gasteiger partial charge is 0.462 e. The van der Waals surface area contributed by atoms with Crippen molar-refractivity contribution < 1.29 is 72.4 Å². The van der Waals surface area contributed by atoms with Gasteiger partial charge in [0.15, 0.2) is 24.5 Å². The molecule has 4 aliphatic rings. The van der Waals surface area contributed by atoms with Crippen molar-refractivity contribution in [1.82, 2.24) is 4.90 Å². The molecule has 0 aromatic rings. The van der Waals surface area contributed by atoms with Crippen molar-refractivity contribution in [3.05, 3.63) is 23.8 Å². The Bertz CT molecular complexity index is 1450. The summed E-state index contributed by atoms with van der Waals surface area (Å²) >= 11 is 0. The van der Waals surface area contributed by atoms with Gasteiger partial charge in [-0.1, -0.05) is 38.5 Å². The SMILES string of the molecule is CC[C@H]1OC(=O)C[C@@]2(O)[C@H](C)[C@@H](O[C@H]3O[C@@H](C)[C@H](O)[C@@H](N(C)C)[C@@H]3O)[C@H](C[C@@H](C)C(=O)/C=C/C(C)=C/[C@@H]1CO[C@@H]1O[C@H](C)[C@@H](OC(C)=O)[C@@H](OC)[C@H]1OC)[C@H]2C=O. The van der Waals surface area contributed by atoms with Crippen molar-refractivity contribution in [3.63, 3.8) is 0 Å². The molecule has 18 atom stereocenters. The van der Waals surface area contributed by atoms with Crippen LogP contribution in [0.4, 0.5) is 0 Å². The molecule has 16 nitrogen and oxygen atoms in total. The molecule has 0 aromatic heterocycles. The van der Waals surface area contributed by atoms with Gasteiger partial charge in [0.1, 0.15) is 30.7 Å². The molecular formula is C41H65NO15. The third-order valence-electron chi connectivity index (χ3n) is 12.3. The summed E-state index contributed by atoms with van der Waals surface area (Å²) in [6.45, 7) is 11.7. The molecule has 57 heavy (non-hydrogen) atoms. The highest BCUT2D eigenvalue weighted by molar-refractivity contribution is 5.91. The van der Waals surface area contributed by atoms with Crippen LogP contribution in [-0.2, 0) is 57.1 Å². The summed E-state index contributed by atoms with van der Waals surface area (Å²) in [6, 6.07) is -0.743. The zero-order valence-corrected chi connectivity index (χ0v) is 35.1. The highest BCUT2D eigenvalue weighted by Gasteiger charge is 2.61. The number of hydrogen-bond donors (Lipinski definition) is 3. The second kappa shape index (κ2) is 20.1. The summed E-state index contributed by atoms with van der Waals surface area (Å²) in [5.74, 6) is -5.48. The zero-order chi connectivity index (χ0) is 42.5. The minimum absolute atomic E-state index is 0.0341. The second-order valence-electron chi connectivity index (χ2n) is 16.4. The third-order valence-corrected chi connectivity index (χ3v) is 12.3. The number of carbonyl (C=O) groups is 4. The second-order valence-corrected chi connectivity index (χ2v) is 16.4. The van der Waals surface area contributed by atoms with Crippen LogP contribution in [0, 0.1) is 29.6 Å². The Hall–Kier alpha value is -2.64. The van der Waals surface area contributed by atoms with Gasteiger partial charge in [-0.15, -0.1) is 0 Å². The smallest absolute Gasteiger partial charge is 0.309 e. The van der Waals surface area contributed by atoms with Crippen molar-refractivity contribution in [3.8, 4) is 0 Å². The number of aldehydes is 1. The molecule has 1 saturated carbocycles. The maximum absolute atomic E-state index is 14.0.